The summed E-state index contributed by atoms with van der Waals surface area (Å²) in [6.45, 7) is 2.47. The maximum atomic E-state index is 11.3. The van der Waals surface area contributed by atoms with Crippen molar-refractivity contribution < 1.29 is 4.79 Å². The Bertz CT molecular complexity index is 172. The monoisotopic (exact) mass is 185 g/mol. The molecule has 76 valence electrons. The Hall–Kier alpha value is -0.770. The van der Waals surface area contributed by atoms with Crippen LogP contribution in [-0.4, -0.2) is 37.6 Å². The Morgan fingerprint density at radius 2 is 2.31 bits per heavy atom. The van der Waals surface area contributed by atoms with Gasteiger partial charge < -0.3 is 16.0 Å². The van der Waals surface area contributed by atoms with Crippen LogP contribution in [0.1, 0.15) is 19.3 Å². The van der Waals surface area contributed by atoms with Crippen LogP contribution >= 0.6 is 0 Å². The molecule has 4 nitrogen and oxygen atoms in total. The number of rotatable bonds is 1. The quantitative estimate of drug-likeness (QED) is 0.620. The van der Waals surface area contributed by atoms with E-state index >= 15 is 0 Å². The number of nitrogens with one attached hydrogen (secondary N) is 1. The molecule has 1 aliphatic heterocycles. The van der Waals surface area contributed by atoms with E-state index < -0.39 is 0 Å². The van der Waals surface area contributed by atoms with Crippen LogP contribution in [0, 0.1) is 5.92 Å². The van der Waals surface area contributed by atoms with Gasteiger partial charge in [-0.2, -0.15) is 0 Å². The Balaban J connectivity index is 2.40. The van der Waals surface area contributed by atoms with E-state index in [0.717, 1.165) is 38.9 Å². The van der Waals surface area contributed by atoms with Gasteiger partial charge in [-0.25, -0.2) is 4.79 Å². The lowest BCUT2D eigenvalue weighted by atomic mass is 10.0. The maximum absolute atomic E-state index is 11.3. The SMILES string of the molecule is CNC(=O)N1CCCC(CN)CC1. The van der Waals surface area contributed by atoms with Crippen molar-refractivity contribution in [3.63, 3.8) is 0 Å². The van der Waals surface area contributed by atoms with Crippen molar-refractivity contribution in [2.75, 3.05) is 26.7 Å². The average molecular weight is 185 g/mol. The van der Waals surface area contributed by atoms with E-state index in [1.165, 1.54) is 0 Å². The van der Waals surface area contributed by atoms with E-state index in [-0.39, 0.29) is 6.03 Å². The molecule has 1 saturated heterocycles. The zero-order chi connectivity index (χ0) is 9.68. The Morgan fingerprint density at radius 3 is 2.92 bits per heavy atom. The normalized spacial score (nSPS) is 23.8. The smallest absolute Gasteiger partial charge is 0.317 e. The number of hydrogen-bond donors (Lipinski definition) is 2. The Morgan fingerprint density at radius 1 is 1.54 bits per heavy atom. The lowest BCUT2D eigenvalue weighted by Gasteiger charge is -2.19. The minimum Gasteiger partial charge on any atom is -0.341 e. The van der Waals surface area contributed by atoms with Gasteiger partial charge in [-0.1, -0.05) is 0 Å². The van der Waals surface area contributed by atoms with Crippen LogP contribution in [0.3, 0.4) is 0 Å². The number of carbonyl (C=O) groups excluding carboxylic acids is 1. The summed E-state index contributed by atoms with van der Waals surface area (Å²) in [6.07, 6.45) is 3.28. The highest BCUT2D eigenvalue weighted by Gasteiger charge is 2.18. The van der Waals surface area contributed by atoms with E-state index in [1.807, 2.05) is 4.90 Å². The number of hydrogen-bond acceptors (Lipinski definition) is 2. The largest absolute Gasteiger partial charge is 0.341 e. The van der Waals surface area contributed by atoms with Crippen LogP contribution in [0.2, 0.25) is 0 Å². The molecule has 0 bridgehead atoms. The number of carbonyl (C=O) groups is 1. The molecular formula is C9H19N3O. The maximum Gasteiger partial charge on any atom is 0.317 e. The zero-order valence-corrected chi connectivity index (χ0v) is 8.25. The number of nitrogens with two attached hydrogens (primary N) is 1. The molecule has 0 aromatic heterocycles. The average Bonchev–Trinajstić information content (AvgIpc) is 2.41. The molecule has 4 heteroatoms. The van der Waals surface area contributed by atoms with E-state index in [1.54, 1.807) is 7.05 Å². The first-order valence-electron chi connectivity index (χ1n) is 4.94. The van der Waals surface area contributed by atoms with Crippen molar-refractivity contribution in [1.29, 1.82) is 0 Å². The van der Waals surface area contributed by atoms with Crippen molar-refractivity contribution in [1.82, 2.24) is 10.2 Å². The molecule has 1 unspecified atom stereocenters. The second-order valence-electron chi connectivity index (χ2n) is 3.57. The molecule has 0 saturated carbocycles. The molecule has 0 spiro atoms. The minimum absolute atomic E-state index is 0.0395. The number of urea groups is 1. The van der Waals surface area contributed by atoms with Gasteiger partial charge in [0.2, 0.25) is 0 Å². The highest BCUT2D eigenvalue weighted by molar-refractivity contribution is 5.73. The summed E-state index contributed by atoms with van der Waals surface area (Å²) in [5.41, 5.74) is 5.61. The molecule has 3 N–H and O–H groups in total. The van der Waals surface area contributed by atoms with Gasteiger partial charge in [0.15, 0.2) is 0 Å². The lowest BCUT2D eigenvalue weighted by Crippen LogP contribution is -2.38. The van der Waals surface area contributed by atoms with Gasteiger partial charge in [-0.15, -0.1) is 0 Å². The topological polar surface area (TPSA) is 58.4 Å². The molecule has 1 fully saturated rings. The number of nitrogens with zero attached hydrogens (tertiary/aromatic N) is 1. The van der Waals surface area contributed by atoms with E-state index in [0.29, 0.717) is 5.92 Å². The first-order valence-corrected chi connectivity index (χ1v) is 4.94. The van der Waals surface area contributed by atoms with Gasteiger partial charge in [0.05, 0.1) is 0 Å². The summed E-state index contributed by atoms with van der Waals surface area (Å²) in [4.78, 5) is 13.2. The number of amides is 2. The predicted molar refractivity (Wildman–Crippen MR) is 52.4 cm³/mol. The van der Waals surface area contributed by atoms with E-state index in [9.17, 15) is 4.79 Å². The second kappa shape index (κ2) is 5.07. The third kappa shape index (κ3) is 2.88. The summed E-state index contributed by atoms with van der Waals surface area (Å²) in [5, 5.41) is 2.65. The van der Waals surface area contributed by atoms with Gasteiger partial charge in [0.1, 0.15) is 0 Å². The molecule has 1 heterocycles. The van der Waals surface area contributed by atoms with E-state index in [2.05, 4.69) is 5.32 Å². The minimum atomic E-state index is 0.0395. The molecule has 2 amide bonds. The molecule has 13 heavy (non-hydrogen) atoms. The molecule has 0 aromatic rings. The highest BCUT2D eigenvalue weighted by Crippen LogP contribution is 2.15. The summed E-state index contributed by atoms with van der Waals surface area (Å²) in [5.74, 6) is 0.606. The van der Waals surface area contributed by atoms with Gasteiger partial charge in [-0.3, -0.25) is 0 Å². The third-order valence-corrected chi connectivity index (χ3v) is 2.68. The van der Waals surface area contributed by atoms with Crippen LogP contribution < -0.4 is 11.1 Å². The van der Waals surface area contributed by atoms with E-state index in [4.69, 9.17) is 5.73 Å². The second-order valence-corrected chi connectivity index (χ2v) is 3.57. The van der Waals surface area contributed by atoms with Crippen LogP contribution in [0.5, 0.6) is 0 Å². The standard InChI is InChI=1S/C9H19N3O/c1-11-9(13)12-5-2-3-8(7-10)4-6-12/h8H,2-7,10H2,1H3,(H,11,13). The fourth-order valence-corrected chi connectivity index (χ4v) is 1.76. The lowest BCUT2D eigenvalue weighted by molar-refractivity contribution is 0.201. The molecule has 0 aromatic carbocycles. The van der Waals surface area contributed by atoms with Gasteiger partial charge in [0, 0.05) is 20.1 Å². The zero-order valence-electron chi connectivity index (χ0n) is 8.25. The fraction of sp³-hybridized carbons (Fsp3) is 0.889. The van der Waals surface area contributed by atoms with Crippen LogP contribution in [0.25, 0.3) is 0 Å². The van der Waals surface area contributed by atoms with Gasteiger partial charge in [0.25, 0.3) is 0 Å². The van der Waals surface area contributed by atoms with Gasteiger partial charge in [-0.05, 0) is 31.7 Å². The summed E-state index contributed by atoms with van der Waals surface area (Å²) < 4.78 is 0. The van der Waals surface area contributed by atoms with Gasteiger partial charge >= 0.3 is 6.03 Å². The summed E-state index contributed by atoms with van der Waals surface area (Å²) in [6, 6.07) is 0.0395. The van der Waals surface area contributed by atoms with Crippen molar-refractivity contribution >= 4 is 6.03 Å². The first-order chi connectivity index (χ1) is 6.27. The number of likely N-dealkylation sites (tertiary alicyclic amines) is 1. The summed E-state index contributed by atoms with van der Waals surface area (Å²) in [7, 11) is 1.67. The molecular weight excluding hydrogens is 166 g/mol. The van der Waals surface area contributed by atoms with Crippen LogP contribution in [0.4, 0.5) is 4.79 Å². The molecule has 1 atom stereocenters. The summed E-state index contributed by atoms with van der Waals surface area (Å²) >= 11 is 0. The van der Waals surface area contributed by atoms with Crippen LogP contribution in [0.15, 0.2) is 0 Å². The van der Waals surface area contributed by atoms with Crippen LogP contribution in [-0.2, 0) is 0 Å². The third-order valence-electron chi connectivity index (χ3n) is 2.68. The van der Waals surface area contributed by atoms with Crippen molar-refractivity contribution in [3.8, 4) is 0 Å². The van der Waals surface area contributed by atoms with Crippen molar-refractivity contribution in [3.05, 3.63) is 0 Å². The predicted octanol–water partition coefficient (Wildman–Crippen LogP) is 0.387. The molecule has 0 radical (unpaired) electrons. The van der Waals surface area contributed by atoms with Crippen molar-refractivity contribution in [2.45, 2.75) is 19.3 Å². The molecule has 0 aliphatic carbocycles. The van der Waals surface area contributed by atoms with Crippen molar-refractivity contribution in [2.24, 2.45) is 11.7 Å². The Labute approximate surface area is 79.5 Å². The fourth-order valence-electron chi connectivity index (χ4n) is 1.76. The molecule has 1 rings (SSSR count). The highest BCUT2D eigenvalue weighted by atomic mass is 16.2. The first kappa shape index (κ1) is 10.3. The molecule has 1 aliphatic rings. The Kier molecular flexibility index (Phi) is 4.02.